The number of hydrogen-bond donors (Lipinski definition) is 1. The van der Waals surface area contributed by atoms with Crippen molar-refractivity contribution in [3.05, 3.63) is 23.8 Å². The van der Waals surface area contributed by atoms with E-state index in [0.29, 0.717) is 0 Å². The summed E-state index contributed by atoms with van der Waals surface area (Å²) in [5, 5.41) is 3.37. The first kappa shape index (κ1) is 13.8. The predicted molar refractivity (Wildman–Crippen MR) is 70.8 cm³/mol. The van der Waals surface area contributed by atoms with Crippen molar-refractivity contribution in [2.45, 2.75) is 33.2 Å². The standard InChI is InChI=1S/C14H23NO2/c1-4-8-15-11-12-6-7-13(17-9-5-2)10-14(12)16-3/h6-7,10,15H,4-5,8-9,11H2,1-3H3. The number of methoxy groups -OCH3 is 1. The summed E-state index contributed by atoms with van der Waals surface area (Å²) in [6, 6.07) is 6.02. The van der Waals surface area contributed by atoms with Crippen LogP contribution in [0.2, 0.25) is 0 Å². The Hall–Kier alpha value is -1.22. The van der Waals surface area contributed by atoms with Crippen LogP contribution in [0.25, 0.3) is 0 Å². The Balaban J connectivity index is 2.64. The molecule has 3 nitrogen and oxygen atoms in total. The lowest BCUT2D eigenvalue weighted by atomic mass is 10.2. The van der Waals surface area contributed by atoms with Gasteiger partial charge in [-0.15, -0.1) is 0 Å². The average molecular weight is 237 g/mol. The molecule has 0 spiro atoms. The van der Waals surface area contributed by atoms with Crippen molar-refractivity contribution in [2.24, 2.45) is 0 Å². The Morgan fingerprint density at radius 2 is 2.00 bits per heavy atom. The van der Waals surface area contributed by atoms with Crippen molar-refractivity contribution < 1.29 is 9.47 Å². The molecule has 3 heteroatoms. The monoisotopic (exact) mass is 237 g/mol. The minimum absolute atomic E-state index is 0.747. The van der Waals surface area contributed by atoms with Gasteiger partial charge in [0, 0.05) is 18.2 Å². The molecule has 0 heterocycles. The molecule has 0 saturated carbocycles. The Kier molecular flexibility index (Phi) is 6.48. The van der Waals surface area contributed by atoms with E-state index < -0.39 is 0 Å². The summed E-state index contributed by atoms with van der Waals surface area (Å²) in [4.78, 5) is 0. The molecule has 0 saturated heterocycles. The molecule has 1 aromatic carbocycles. The maximum absolute atomic E-state index is 5.58. The lowest BCUT2D eigenvalue weighted by Crippen LogP contribution is -2.14. The van der Waals surface area contributed by atoms with Gasteiger partial charge in [0.05, 0.1) is 13.7 Å². The number of hydrogen-bond acceptors (Lipinski definition) is 3. The fourth-order valence-electron chi connectivity index (χ4n) is 1.58. The second-order valence-electron chi connectivity index (χ2n) is 4.00. The molecule has 1 aromatic rings. The van der Waals surface area contributed by atoms with Gasteiger partial charge in [0.15, 0.2) is 0 Å². The van der Waals surface area contributed by atoms with Crippen LogP contribution in [0, 0.1) is 0 Å². The van der Waals surface area contributed by atoms with Gasteiger partial charge in [-0.3, -0.25) is 0 Å². The highest BCUT2D eigenvalue weighted by molar-refractivity contribution is 5.40. The van der Waals surface area contributed by atoms with Crippen molar-refractivity contribution in [1.29, 1.82) is 0 Å². The first-order valence-corrected chi connectivity index (χ1v) is 6.32. The minimum atomic E-state index is 0.747. The summed E-state index contributed by atoms with van der Waals surface area (Å²) in [5.41, 5.74) is 1.17. The fourth-order valence-corrected chi connectivity index (χ4v) is 1.58. The van der Waals surface area contributed by atoms with Gasteiger partial charge in [-0.2, -0.15) is 0 Å². The summed E-state index contributed by atoms with van der Waals surface area (Å²) in [5.74, 6) is 1.77. The van der Waals surface area contributed by atoms with Gasteiger partial charge in [0.1, 0.15) is 11.5 Å². The zero-order valence-electron chi connectivity index (χ0n) is 11.1. The minimum Gasteiger partial charge on any atom is -0.496 e. The zero-order valence-corrected chi connectivity index (χ0v) is 11.1. The number of rotatable bonds is 8. The predicted octanol–water partition coefficient (Wildman–Crippen LogP) is 2.98. The van der Waals surface area contributed by atoms with E-state index in [0.717, 1.165) is 44.0 Å². The van der Waals surface area contributed by atoms with E-state index in [-0.39, 0.29) is 0 Å². The van der Waals surface area contributed by atoms with Crippen LogP contribution in [0.5, 0.6) is 11.5 Å². The summed E-state index contributed by atoms with van der Waals surface area (Å²) >= 11 is 0. The zero-order chi connectivity index (χ0) is 12.5. The van der Waals surface area contributed by atoms with Crippen LogP contribution in [-0.2, 0) is 6.54 Å². The molecule has 17 heavy (non-hydrogen) atoms. The van der Waals surface area contributed by atoms with Crippen molar-refractivity contribution >= 4 is 0 Å². The van der Waals surface area contributed by atoms with Crippen LogP contribution in [0.1, 0.15) is 32.3 Å². The summed E-state index contributed by atoms with van der Waals surface area (Å²) in [6.45, 7) is 6.87. The molecule has 0 fully saturated rings. The van der Waals surface area contributed by atoms with E-state index in [1.165, 1.54) is 5.56 Å². The van der Waals surface area contributed by atoms with E-state index in [1.807, 2.05) is 12.1 Å². The van der Waals surface area contributed by atoms with Crippen LogP contribution in [-0.4, -0.2) is 20.3 Å². The van der Waals surface area contributed by atoms with Gasteiger partial charge in [0.25, 0.3) is 0 Å². The Morgan fingerprint density at radius 1 is 1.18 bits per heavy atom. The third kappa shape index (κ3) is 4.65. The van der Waals surface area contributed by atoms with Crippen LogP contribution >= 0.6 is 0 Å². The first-order valence-electron chi connectivity index (χ1n) is 6.32. The third-order valence-corrected chi connectivity index (χ3v) is 2.47. The van der Waals surface area contributed by atoms with E-state index in [9.17, 15) is 0 Å². The first-order chi connectivity index (χ1) is 8.31. The highest BCUT2D eigenvalue weighted by Crippen LogP contribution is 2.24. The molecule has 0 aliphatic heterocycles. The Morgan fingerprint density at radius 3 is 2.65 bits per heavy atom. The van der Waals surface area contributed by atoms with Gasteiger partial charge in [-0.1, -0.05) is 19.9 Å². The van der Waals surface area contributed by atoms with E-state index in [2.05, 4.69) is 25.2 Å². The molecule has 0 amide bonds. The number of ether oxygens (including phenoxy) is 2. The number of benzene rings is 1. The Labute approximate surface area is 104 Å². The second kappa shape index (κ2) is 7.96. The average Bonchev–Trinajstić information content (AvgIpc) is 2.37. The molecule has 0 unspecified atom stereocenters. The third-order valence-electron chi connectivity index (χ3n) is 2.47. The van der Waals surface area contributed by atoms with Crippen molar-refractivity contribution in [3.63, 3.8) is 0 Å². The maximum Gasteiger partial charge on any atom is 0.127 e. The van der Waals surface area contributed by atoms with Crippen LogP contribution < -0.4 is 14.8 Å². The molecule has 0 radical (unpaired) electrons. The lowest BCUT2D eigenvalue weighted by molar-refractivity contribution is 0.314. The molecule has 1 N–H and O–H groups in total. The molecule has 0 aliphatic rings. The molecule has 0 bridgehead atoms. The van der Waals surface area contributed by atoms with Crippen molar-refractivity contribution in [1.82, 2.24) is 5.32 Å². The molecule has 96 valence electrons. The summed E-state index contributed by atoms with van der Waals surface area (Å²) in [6.07, 6.45) is 2.15. The van der Waals surface area contributed by atoms with E-state index in [4.69, 9.17) is 9.47 Å². The molecule has 0 atom stereocenters. The summed E-state index contributed by atoms with van der Waals surface area (Å²) in [7, 11) is 1.70. The van der Waals surface area contributed by atoms with Gasteiger partial charge >= 0.3 is 0 Å². The van der Waals surface area contributed by atoms with Crippen molar-refractivity contribution in [3.8, 4) is 11.5 Å². The largest absolute Gasteiger partial charge is 0.496 e. The van der Waals surface area contributed by atoms with Crippen LogP contribution in [0.3, 0.4) is 0 Å². The van der Waals surface area contributed by atoms with Gasteiger partial charge < -0.3 is 14.8 Å². The fraction of sp³-hybridized carbons (Fsp3) is 0.571. The highest BCUT2D eigenvalue weighted by atomic mass is 16.5. The highest BCUT2D eigenvalue weighted by Gasteiger charge is 2.04. The SMILES string of the molecule is CCCNCc1ccc(OCCC)cc1OC. The van der Waals surface area contributed by atoms with Crippen LogP contribution in [0.15, 0.2) is 18.2 Å². The second-order valence-corrected chi connectivity index (χ2v) is 4.00. The van der Waals surface area contributed by atoms with Gasteiger partial charge in [-0.05, 0) is 25.5 Å². The molecule has 0 aromatic heterocycles. The quantitative estimate of drug-likeness (QED) is 0.705. The molecular formula is C14H23NO2. The lowest BCUT2D eigenvalue weighted by Gasteiger charge is -2.12. The van der Waals surface area contributed by atoms with Gasteiger partial charge in [-0.25, -0.2) is 0 Å². The van der Waals surface area contributed by atoms with Crippen LogP contribution in [0.4, 0.5) is 0 Å². The number of nitrogens with one attached hydrogen (secondary N) is 1. The van der Waals surface area contributed by atoms with Gasteiger partial charge in [0.2, 0.25) is 0 Å². The molecule has 1 rings (SSSR count). The van der Waals surface area contributed by atoms with Crippen molar-refractivity contribution in [2.75, 3.05) is 20.3 Å². The molecular weight excluding hydrogens is 214 g/mol. The molecule has 0 aliphatic carbocycles. The van der Waals surface area contributed by atoms with E-state index in [1.54, 1.807) is 7.11 Å². The topological polar surface area (TPSA) is 30.5 Å². The summed E-state index contributed by atoms with van der Waals surface area (Å²) < 4.78 is 11.0. The Bertz CT molecular complexity index is 326. The normalized spacial score (nSPS) is 10.3. The van der Waals surface area contributed by atoms with E-state index >= 15 is 0 Å². The maximum atomic E-state index is 5.58. The smallest absolute Gasteiger partial charge is 0.127 e.